The first-order chi connectivity index (χ1) is 10.4. The summed E-state index contributed by atoms with van der Waals surface area (Å²) in [7, 11) is 0. The summed E-state index contributed by atoms with van der Waals surface area (Å²) in [6.07, 6.45) is 1.56. The first kappa shape index (κ1) is 17.5. The highest BCUT2D eigenvalue weighted by atomic mass is 32.2. The van der Waals surface area contributed by atoms with Gasteiger partial charge in [-0.15, -0.1) is 0 Å². The van der Waals surface area contributed by atoms with Gasteiger partial charge in [-0.1, -0.05) is 41.5 Å². The van der Waals surface area contributed by atoms with Gasteiger partial charge in [-0.3, -0.25) is 10.2 Å². The van der Waals surface area contributed by atoms with Gasteiger partial charge in [0.25, 0.3) is 5.91 Å². The molecule has 0 atom stereocenters. The average molecular weight is 334 g/mol. The molecule has 2 heterocycles. The molecule has 0 radical (unpaired) electrons. The number of hydrogen-bond donors (Lipinski definition) is 3. The molecule has 2 rings (SSSR count). The van der Waals surface area contributed by atoms with Gasteiger partial charge >= 0.3 is 0 Å². The Labute approximate surface area is 140 Å². The van der Waals surface area contributed by atoms with Crippen molar-refractivity contribution >= 4 is 28.9 Å². The lowest BCUT2D eigenvalue weighted by Crippen LogP contribution is -2.21. The summed E-state index contributed by atoms with van der Waals surface area (Å²) >= 11 is 1.04. The molecule has 1 saturated heterocycles. The second kappa shape index (κ2) is 5.63. The molecule has 6 nitrogen and oxygen atoms in total. The Morgan fingerprint density at radius 2 is 1.57 bits per heavy atom. The van der Waals surface area contributed by atoms with Crippen LogP contribution in [-0.4, -0.2) is 26.1 Å². The summed E-state index contributed by atoms with van der Waals surface area (Å²) < 4.78 is 0. The van der Waals surface area contributed by atoms with E-state index >= 15 is 0 Å². The minimum Gasteiger partial charge on any atom is -0.504 e. The predicted molar refractivity (Wildman–Crippen MR) is 92.5 cm³/mol. The second-order valence-corrected chi connectivity index (χ2v) is 8.57. The van der Waals surface area contributed by atoms with E-state index in [9.17, 15) is 9.90 Å². The lowest BCUT2D eigenvalue weighted by Gasteiger charge is -2.25. The molecule has 1 aromatic rings. The number of hydrogen-bond acceptors (Lipinski definition) is 6. The summed E-state index contributed by atoms with van der Waals surface area (Å²) in [4.78, 5) is 21.0. The number of carbonyl (C=O) groups excluding carboxylic acids is 1. The van der Waals surface area contributed by atoms with Crippen LogP contribution in [0, 0.1) is 5.41 Å². The van der Waals surface area contributed by atoms with Crippen molar-refractivity contribution in [1.82, 2.24) is 15.3 Å². The first-order valence-electron chi connectivity index (χ1n) is 7.31. The van der Waals surface area contributed by atoms with Crippen molar-refractivity contribution in [2.24, 2.45) is 0 Å². The van der Waals surface area contributed by atoms with Crippen LogP contribution >= 0.6 is 11.8 Å². The van der Waals surface area contributed by atoms with E-state index in [1.54, 1.807) is 6.08 Å². The van der Waals surface area contributed by atoms with E-state index in [1.807, 2.05) is 41.5 Å². The Balaban J connectivity index is 2.64. The monoisotopic (exact) mass is 334 g/mol. The van der Waals surface area contributed by atoms with Gasteiger partial charge in [0.1, 0.15) is 0 Å². The number of nitrogens with one attached hydrogen (secondary N) is 2. The number of aromatic hydroxyl groups is 1. The van der Waals surface area contributed by atoms with Crippen LogP contribution in [0.2, 0.25) is 0 Å². The van der Waals surface area contributed by atoms with E-state index in [0.717, 1.165) is 11.8 Å². The molecule has 3 N–H and O–H groups in total. The molecule has 1 amide bonds. The molecule has 0 bridgehead atoms. The van der Waals surface area contributed by atoms with Crippen molar-refractivity contribution in [3.05, 3.63) is 22.1 Å². The molecule has 1 fully saturated rings. The summed E-state index contributed by atoms with van der Waals surface area (Å²) in [6, 6.07) is 0. The van der Waals surface area contributed by atoms with Crippen molar-refractivity contribution in [3.8, 4) is 5.75 Å². The smallest absolute Gasteiger partial charge is 0.264 e. The van der Waals surface area contributed by atoms with Crippen molar-refractivity contribution < 1.29 is 9.90 Å². The van der Waals surface area contributed by atoms with Crippen molar-refractivity contribution in [1.29, 1.82) is 5.41 Å². The third kappa shape index (κ3) is 3.72. The average Bonchev–Trinajstić information content (AvgIpc) is 2.67. The van der Waals surface area contributed by atoms with Gasteiger partial charge in [0.2, 0.25) is 0 Å². The Kier molecular flexibility index (Phi) is 4.28. The number of amidine groups is 1. The van der Waals surface area contributed by atoms with Gasteiger partial charge in [-0.2, -0.15) is 0 Å². The zero-order chi connectivity index (χ0) is 17.6. The maximum atomic E-state index is 11.8. The quantitative estimate of drug-likeness (QED) is 0.686. The molecule has 0 aliphatic carbocycles. The molecule has 0 spiro atoms. The van der Waals surface area contributed by atoms with Gasteiger partial charge in [0.15, 0.2) is 16.7 Å². The Bertz CT molecular complexity index is 677. The highest BCUT2D eigenvalue weighted by molar-refractivity contribution is 8.18. The standard InChI is InChI=1S/C16H22N4O2S/c1-15(2,3)11-10(21)12(16(4,5)6)19-9(18-11)7-8-13(22)20-14(17)23-8/h7,21H,1-6H3,(H2,17,20,22)/b8-7-. The molecule has 7 heteroatoms. The highest BCUT2D eigenvalue weighted by Crippen LogP contribution is 2.37. The Hall–Kier alpha value is -1.89. The number of carbonyl (C=O) groups is 1. The number of thioether (sulfide) groups is 1. The van der Waals surface area contributed by atoms with E-state index in [2.05, 4.69) is 15.3 Å². The first-order valence-corrected chi connectivity index (χ1v) is 8.12. The number of amides is 1. The molecule has 1 aliphatic rings. The molecule has 1 aliphatic heterocycles. The highest BCUT2D eigenvalue weighted by Gasteiger charge is 2.30. The topological polar surface area (TPSA) is 99.0 Å². The van der Waals surface area contributed by atoms with Gasteiger partial charge in [-0.05, 0) is 11.8 Å². The SMILES string of the molecule is CC(C)(C)c1nc(/C=C2\SC(=N)NC2=O)nc(C(C)(C)C)c1O. The minimum absolute atomic E-state index is 0.0899. The number of nitrogens with zero attached hydrogens (tertiary/aromatic N) is 2. The van der Waals surface area contributed by atoms with E-state index in [0.29, 0.717) is 22.1 Å². The molecular formula is C16H22N4O2S. The van der Waals surface area contributed by atoms with E-state index in [-0.39, 0.29) is 27.7 Å². The summed E-state index contributed by atoms with van der Waals surface area (Å²) in [5.41, 5.74) is 0.362. The van der Waals surface area contributed by atoms with Crippen LogP contribution < -0.4 is 5.32 Å². The van der Waals surface area contributed by atoms with Crippen molar-refractivity contribution in [2.75, 3.05) is 0 Å². The number of rotatable bonds is 1. The van der Waals surface area contributed by atoms with Crippen LogP contribution in [0.5, 0.6) is 5.75 Å². The molecule has 124 valence electrons. The molecule has 0 saturated carbocycles. The zero-order valence-electron chi connectivity index (χ0n) is 14.2. The van der Waals surface area contributed by atoms with E-state index < -0.39 is 0 Å². The molecule has 23 heavy (non-hydrogen) atoms. The largest absolute Gasteiger partial charge is 0.504 e. The third-order valence-corrected chi connectivity index (χ3v) is 4.07. The molecule has 0 aromatic carbocycles. The maximum Gasteiger partial charge on any atom is 0.264 e. The van der Waals surface area contributed by atoms with Gasteiger partial charge in [0.05, 0.1) is 16.3 Å². The summed E-state index contributed by atoms with van der Waals surface area (Å²) in [5.74, 6) is 0.139. The van der Waals surface area contributed by atoms with Crippen LogP contribution in [0.3, 0.4) is 0 Å². The lowest BCUT2D eigenvalue weighted by molar-refractivity contribution is -0.115. The lowest BCUT2D eigenvalue weighted by atomic mass is 9.85. The Morgan fingerprint density at radius 3 is 1.91 bits per heavy atom. The van der Waals surface area contributed by atoms with Crippen LogP contribution in [0.1, 0.15) is 58.8 Å². The summed E-state index contributed by atoms with van der Waals surface area (Å²) in [5, 5.41) is 20.6. The Morgan fingerprint density at radius 1 is 1.09 bits per heavy atom. The van der Waals surface area contributed by atoms with Gasteiger partial charge in [-0.25, -0.2) is 9.97 Å². The van der Waals surface area contributed by atoms with Crippen LogP contribution in [0.15, 0.2) is 4.91 Å². The fourth-order valence-electron chi connectivity index (χ4n) is 2.14. The predicted octanol–water partition coefficient (Wildman–Crippen LogP) is 2.92. The molecule has 1 aromatic heterocycles. The fourth-order valence-corrected chi connectivity index (χ4v) is 2.81. The van der Waals surface area contributed by atoms with E-state index in [1.165, 1.54) is 0 Å². The van der Waals surface area contributed by atoms with Crippen LogP contribution in [0.25, 0.3) is 6.08 Å². The normalized spacial score (nSPS) is 17.7. The number of aromatic nitrogens is 2. The second-order valence-electron chi connectivity index (χ2n) is 7.52. The van der Waals surface area contributed by atoms with Crippen molar-refractivity contribution in [3.63, 3.8) is 0 Å². The molecular weight excluding hydrogens is 312 g/mol. The fraction of sp³-hybridized carbons (Fsp3) is 0.500. The van der Waals surface area contributed by atoms with Gasteiger partial charge in [0, 0.05) is 16.9 Å². The van der Waals surface area contributed by atoms with Crippen LogP contribution in [0.4, 0.5) is 0 Å². The molecule has 0 unspecified atom stereocenters. The zero-order valence-corrected chi connectivity index (χ0v) is 15.1. The third-order valence-electron chi connectivity index (χ3n) is 3.25. The van der Waals surface area contributed by atoms with Crippen molar-refractivity contribution in [2.45, 2.75) is 52.4 Å². The summed E-state index contributed by atoms with van der Waals surface area (Å²) in [6.45, 7) is 11.8. The van der Waals surface area contributed by atoms with Crippen LogP contribution in [-0.2, 0) is 15.6 Å². The van der Waals surface area contributed by atoms with E-state index in [4.69, 9.17) is 5.41 Å². The van der Waals surface area contributed by atoms with Gasteiger partial charge < -0.3 is 10.4 Å². The maximum absolute atomic E-state index is 11.8. The minimum atomic E-state index is -0.363.